The topological polar surface area (TPSA) is 68.4 Å². The van der Waals surface area contributed by atoms with Gasteiger partial charge in [-0.05, 0) is 80.7 Å². The molecule has 1 fully saturated rings. The molecule has 1 aliphatic rings. The number of aryl methyl sites for hydroxylation is 1. The number of halogens is 1. The fourth-order valence-electron chi connectivity index (χ4n) is 3.95. The predicted molar refractivity (Wildman–Crippen MR) is 121 cm³/mol. The molecule has 6 nitrogen and oxygen atoms in total. The molecule has 0 radical (unpaired) electrons. The van der Waals surface area contributed by atoms with Crippen molar-refractivity contribution in [3.63, 3.8) is 0 Å². The number of rotatable bonds is 6. The number of pyridine rings is 1. The molecule has 0 unspecified atom stereocenters. The van der Waals surface area contributed by atoms with E-state index in [9.17, 15) is 14.0 Å². The van der Waals surface area contributed by atoms with Crippen LogP contribution in [-0.2, 0) is 6.54 Å². The molecule has 0 atom stereocenters. The number of fused-ring (bicyclic) bond motifs is 1. The van der Waals surface area contributed by atoms with Crippen LogP contribution in [0.5, 0.6) is 0 Å². The molecule has 0 saturated carbocycles. The number of aromatic amines is 1. The molecule has 0 aliphatic carbocycles. The summed E-state index contributed by atoms with van der Waals surface area (Å²) >= 11 is 0. The number of urea groups is 1. The molecule has 7 heteroatoms. The Morgan fingerprint density at radius 1 is 1.13 bits per heavy atom. The number of anilines is 1. The van der Waals surface area contributed by atoms with Gasteiger partial charge in [0, 0.05) is 29.9 Å². The van der Waals surface area contributed by atoms with Crippen LogP contribution in [0.2, 0.25) is 0 Å². The largest absolute Gasteiger partial charge is 0.322 e. The summed E-state index contributed by atoms with van der Waals surface area (Å²) in [5, 5.41) is 3.76. The number of nitrogens with zero attached hydrogens (tertiary/aromatic N) is 2. The molecule has 2 heterocycles. The number of hydrogen-bond acceptors (Lipinski definition) is 3. The molecule has 2 amide bonds. The van der Waals surface area contributed by atoms with Gasteiger partial charge in [-0.3, -0.25) is 4.79 Å². The summed E-state index contributed by atoms with van der Waals surface area (Å²) in [7, 11) is 0. The maximum absolute atomic E-state index is 13.2. The number of hydrogen-bond donors (Lipinski definition) is 2. The van der Waals surface area contributed by atoms with Gasteiger partial charge in [0.05, 0.1) is 6.54 Å². The highest BCUT2D eigenvalue weighted by molar-refractivity contribution is 5.89. The summed E-state index contributed by atoms with van der Waals surface area (Å²) in [6.45, 7) is 5.51. The van der Waals surface area contributed by atoms with Crippen molar-refractivity contribution < 1.29 is 9.18 Å². The Labute approximate surface area is 180 Å². The summed E-state index contributed by atoms with van der Waals surface area (Å²) < 4.78 is 13.2. The first-order chi connectivity index (χ1) is 15.0. The molecular weight excluding hydrogens is 395 g/mol. The van der Waals surface area contributed by atoms with Crippen LogP contribution in [0.25, 0.3) is 10.9 Å². The van der Waals surface area contributed by atoms with Crippen molar-refractivity contribution in [1.82, 2.24) is 14.8 Å². The highest BCUT2D eigenvalue weighted by atomic mass is 19.1. The molecule has 162 valence electrons. The first-order valence-electron chi connectivity index (χ1n) is 10.6. The van der Waals surface area contributed by atoms with Crippen LogP contribution in [0, 0.1) is 12.7 Å². The van der Waals surface area contributed by atoms with Gasteiger partial charge in [-0.15, -0.1) is 0 Å². The van der Waals surface area contributed by atoms with Gasteiger partial charge in [-0.1, -0.05) is 11.6 Å². The number of carbonyl (C=O) groups excluding carboxylic acids is 1. The summed E-state index contributed by atoms with van der Waals surface area (Å²) in [6.07, 6.45) is 2.34. The first kappa shape index (κ1) is 21.1. The first-order valence-corrected chi connectivity index (χ1v) is 10.6. The summed E-state index contributed by atoms with van der Waals surface area (Å²) in [5.41, 5.74) is 2.73. The molecule has 1 aromatic heterocycles. The van der Waals surface area contributed by atoms with Crippen molar-refractivity contribution in [2.75, 3.05) is 31.5 Å². The third kappa shape index (κ3) is 5.30. The van der Waals surface area contributed by atoms with E-state index in [1.165, 1.54) is 37.1 Å². The molecule has 0 bridgehead atoms. The summed E-state index contributed by atoms with van der Waals surface area (Å²) in [5.74, 6) is -0.359. The van der Waals surface area contributed by atoms with Gasteiger partial charge in [-0.2, -0.15) is 0 Å². The van der Waals surface area contributed by atoms with Crippen molar-refractivity contribution in [3.05, 3.63) is 75.8 Å². The van der Waals surface area contributed by atoms with Crippen molar-refractivity contribution in [3.8, 4) is 0 Å². The lowest BCUT2D eigenvalue weighted by Gasteiger charge is -2.26. The minimum absolute atomic E-state index is 0.195. The maximum Gasteiger partial charge on any atom is 0.322 e. The second-order valence-corrected chi connectivity index (χ2v) is 8.12. The fraction of sp³-hybridized carbons (Fsp3) is 0.333. The van der Waals surface area contributed by atoms with Gasteiger partial charge >= 0.3 is 6.03 Å². The highest BCUT2D eigenvalue weighted by Gasteiger charge is 2.19. The smallest absolute Gasteiger partial charge is 0.322 e. The molecule has 3 aromatic rings. The van der Waals surface area contributed by atoms with Gasteiger partial charge in [0.15, 0.2) is 0 Å². The van der Waals surface area contributed by atoms with Gasteiger partial charge < -0.3 is 20.1 Å². The van der Waals surface area contributed by atoms with Crippen molar-refractivity contribution in [2.45, 2.75) is 26.3 Å². The summed E-state index contributed by atoms with van der Waals surface area (Å²) in [4.78, 5) is 32.6. The van der Waals surface area contributed by atoms with Crippen LogP contribution in [0.15, 0.2) is 53.3 Å². The molecule has 31 heavy (non-hydrogen) atoms. The van der Waals surface area contributed by atoms with Gasteiger partial charge in [-0.25, -0.2) is 9.18 Å². The number of aromatic nitrogens is 1. The average molecular weight is 423 g/mol. The lowest BCUT2D eigenvalue weighted by Crippen LogP contribution is -2.41. The van der Waals surface area contributed by atoms with E-state index < -0.39 is 0 Å². The zero-order chi connectivity index (χ0) is 21.8. The monoisotopic (exact) mass is 422 g/mol. The van der Waals surface area contributed by atoms with Crippen LogP contribution < -0.4 is 10.9 Å². The van der Waals surface area contributed by atoms with E-state index in [0.717, 1.165) is 36.1 Å². The predicted octanol–water partition coefficient (Wildman–Crippen LogP) is 4.11. The number of nitrogens with one attached hydrogen (secondary N) is 2. The Balaban J connectivity index is 1.56. The zero-order valence-electron chi connectivity index (χ0n) is 17.7. The van der Waals surface area contributed by atoms with E-state index in [-0.39, 0.29) is 24.0 Å². The second-order valence-electron chi connectivity index (χ2n) is 8.12. The Kier molecular flexibility index (Phi) is 6.32. The second kappa shape index (κ2) is 9.31. The average Bonchev–Trinajstić information content (AvgIpc) is 3.27. The minimum Gasteiger partial charge on any atom is -0.322 e. The standard InChI is InChI=1S/C24H27FN4O2/c1-17-4-9-22-18(14-17)15-19(23(30)27-22)16-29(13-12-28-10-2-3-11-28)24(31)26-21-7-5-20(25)6-8-21/h4-9,14-15H,2-3,10-13,16H2,1H3,(H,26,31)(H,27,30). The molecule has 1 saturated heterocycles. The molecular formula is C24H27FN4O2. The van der Waals surface area contributed by atoms with E-state index in [4.69, 9.17) is 0 Å². The lowest BCUT2D eigenvalue weighted by molar-refractivity contribution is 0.197. The SMILES string of the molecule is Cc1ccc2[nH]c(=O)c(CN(CCN3CCCC3)C(=O)Nc3ccc(F)cc3)cc2c1. The third-order valence-corrected chi connectivity index (χ3v) is 5.71. The number of amides is 2. The minimum atomic E-state index is -0.359. The van der Waals surface area contributed by atoms with Crippen LogP contribution in [-0.4, -0.2) is 47.0 Å². The molecule has 0 spiro atoms. The Bertz CT molecular complexity index is 1120. The van der Waals surface area contributed by atoms with Crippen LogP contribution in [0.4, 0.5) is 14.9 Å². The number of H-pyrrole nitrogens is 1. The Morgan fingerprint density at radius 2 is 1.87 bits per heavy atom. The third-order valence-electron chi connectivity index (χ3n) is 5.71. The Morgan fingerprint density at radius 3 is 2.61 bits per heavy atom. The van der Waals surface area contributed by atoms with Crippen LogP contribution in [0.1, 0.15) is 24.0 Å². The summed E-state index contributed by atoms with van der Waals surface area (Å²) in [6, 6.07) is 13.1. The van der Waals surface area contributed by atoms with Crippen LogP contribution in [0.3, 0.4) is 0 Å². The maximum atomic E-state index is 13.2. The van der Waals surface area contributed by atoms with E-state index in [1.807, 2.05) is 31.2 Å². The zero-order valence-corrected chi connectivity index (χ0v) is 17.7. The van der Waals surface area contributed by atoms with Crippen LogP contribution >= 0.6 is 0 Å². The van der Waals surface area contributed by atoms with E-state index >= 15 is 0 Å². The number of benzene rings is 2. The van der Waals surface area contributed by atoms with Crippen molar-refractivity contribution in [1.29, 1.82) is 0 Å². The lowest BCUT2D eigenvalue weighted by atomic mass is 10.1. The highest BCUT2D eigenvalue weighted by Crippen LogP contribution is 2.16. The Hall–Kier alpha value is -3.19. The number of carbonyl (C=O) groups is 1. The van der Waals surface area contributed by atoms with Gasteiger partial charge in [0.2, 0.25) is 0 Å². The van der Waals surface area contributed by atoms with E-state index in [2.05, 4.69) is 15.2 Å². The van der Waals surface area contributed by atoms with E-state index in [1.54, 1.807) is 4.90 Å². The molecule has 2 N–H and O–H groups in total. The number of likely N-dealkylation sites (tertiary alicyclic amines) is 1. The van der Waals surface area contributed by atoms with Crippen molar-refractivity contribution in [2.24, 2.45) is 0 Å². The normalized spacial score (nSPS) is 14.1. The molecule has 2 aromatic carbocycles. The van der Waals surface area contributed by atoms with E-state index in [0.29, 0.717) is 17.8 Å². The fourth-order valence-corrected chi connectivity index (χ4v) is 3.95. The molecule has 1 aliphatic heterocycles. The van der Waals surface area contributed by atoms with Gasteiger partial charge in [0.1, 0.15) is 5.82 Å². The van der Waals surface area contributed by atoms with Gasteiger partial charge in [0.25, 0.3) is 5.56 Å². The van der Waals surface area contributed by atoms with Crippen molar-refractivity contribution >= 4 is 22.6 Å². The molecule has 4 rings (SSSR count). The quantitative estimate of drug-likeness (QED) is 0.628.